The smallest absolute Gasteiger partial charge is 0.0620 e. The number of hydrogen-bond donors (Lipinski definition) is 0. The molecule has 302 valence electrons. The molecule has 0 saturated carbocycles. The Morgan fingerprint density at radius 2 is 0.453 bits per heavy atom. The SMILES string of the molecule is CC1(C)c2cc3c(-n4c5ccccc5c5ccccc54)c4ccccc4c(-n4c5ccccc5c5ccccc54)c3cc2C(C)(C)c2cc3c4ccccc4c4ccccc4c3cc21. The van der Waals surface area contributed by atoms with E-state index in [1.165, 1.54) is 131 Å². The van der Waals surface area contributed by atoms with Crippen LogP contribution in [0, 0.1) is 0 Å². The third-order valence-corrected chi connectivity index (χ3v) is 15.3. The van der Waals surface area contributed by atoms with E-state index in [4.69, 9.17) is 0 Å². The van der Waals surface area contributed by atoms with Gasteiger partial charge in [-0.25, -0.2) is 0 Å². The lowest BCUT2D eigenvalue weighted by Crippen LogP contribution is -2.36. The molecule has 2 heteroatoms. The lowest BCUT2D eigenvalue weighted by Gasteiger charge is -2.44. The van der Waals surface area contributed by atoms with Gasteiger partial charge in [-0.15, -0.1) is 0 Å². The van der Waals surface area contributed by atoms with E-state index < -0.39 is 0 Å². The number of hydrogen-bond acceptors (Lipinski definition) is 0. The van der Waals surface area contributed by atoms with Crippen molar-refractivity contribution in [2.24, 2.45) is 0 Å². The van der Waals surface area contributed by atoms with Gasteiger partial charge >= 0.3 is 0 Å². The Hall–Kier alpha value is -7.68. The van der Waals surface area contributed by atoms with Crippen LogP contribution in [0.1, 0.15) is 49.9 Å². The third kappa shape index (κ3) is 4.50. The maximum Gasteiger partial charge on any atom is 0.0620 e. The second kappa shape index (κ2) is 12.5. The van der Waals surface area contributed by atoms with E-state index >= 15 is 0 Å². The van der Waals surface area contributed by atoms with E-state index in [0.717, 1.165) is 0 Å². The van der Waals surface area contributed by atoms with Gasteiger partial charge in [0.1, 0.15) is 0 Å². The Morgan fingerprint density at radius 3 is 0.750 bits per heavy atom. The minimum absolute atomic E-state index is 0.313. The molecule has 64 heavy (non-hydrogen) atoms. The van der Waals surface area contributed by atoms with Crippen molar-refractivity contribution >= 4 is 97.5 Å². The second-order valence-electron chi connectivity index (χ2n) is 19.2. The molecule has 0 amide bonds. The molecule has 2 heterocycles. The van der Waals surface area contributed by atoms with Crippen LogP contribution in [0.2, 0.25) is 0 Å². The fourth-order valence-electron chi connectivity index (χ4n) is 12.3. The van der Waals surface area contributed by atoms with Gasteiger partial charge < -0.3 is 9.13 Å². The first-order valence-electron chi connectivity index (χ1n) is 22.7. The van der Waals surface area contributed by atoms with Crippen LogP contribution < -0.4 is 0 Å². The predicted molar refractivity (Wildman–Crippen MR) is 273 cm³/mol. The molecule has 1 aliphatic carbocycles. The largest absolute Gasteiger partial charge is 0.308 e. The van der Waals surface area contributed by atoms with E-state index in [9.17, 15) is 0 Å². The number of rotatable bonds is 2. The van der Waals surface area contributed by atoms with Gasteiger partial charge in [-0.05, 0) is 103 Å². The summed E-state index contributed by atoms with van der Waals surface area (Å²) in [5.74, 6) is 0. The van der Waals surface area contributed by atoms with Crippen molar-refractivity contribution < 1.29 is 0 Å². The molecule has 2 aromatic heterocycles. The zero-order valence-electron chi connectivity index (χ0n) is 36.4. The van der Waals surface area contributed by atoms with E-state index in [2.05, 4.69) is 231 Å². The predicted octanol–water partition coefficient (Wildman–Crippen LogP) is 16.6. The van der Waals surface area contributed by atoms with Crippen LogP contribution >= 0.6 is 0 Å². The summed E-state index contributed by atoms with van der Waals surface area (Å²) in [5.41, 5.74) is 12.3. The number of nitrogens with zero attached hydrogens (tertiary/aromatic N) is 2. The average Bonchev–Trinajstić information content (AvgIpc) is 3.85. The van der Waals surface area contributed by atoms with E-state index in [1.54, 1.807) is 0 Å². The van der Waals surface area contributed by atoms with Gasteiger partial charge in [0.25, 0.3) is 0 Å². The Morgan fingerprint density at radius 1 is 0.234 bits per heavy atom. The molecule has 1 aliphatic rings. The van der Waals surface area contributed by atoms with Crippen molar-refractivity contribution in [3.8, 4) is 11.4 Å². The molecule has 0 atom stereocenters. The Bertz CT molecular complexity index is 3810. The summed E-state index contributed by atoms with van der Waals surface area (Å²) < 4.78 is 5.13. The lowest BCUT2D eigenvalue weighted by atomic mass is 9.59. The van der Waals surface area contributed by atoms with E-state index in [0.29, 0.717) is 0 Å². The van der Waals surface area contributed by atoms with Crippen LogP contribution in [-0.4, -0.2) is 9.13 Å². The summed E-state index contributed by atoms with van der Waals surface area (Å²) in [6.07, 6.45) is 0. The van der Waals surface area contributed by atoms with Gasteiger partial charge in [0, 0.05) is 53.9 Å². The number of fused-ring (bicyclic) bond motifs is 16. The van der Waals surface area contributed by atoms with Gasteiger partial charge in [-0.1, -0.05) is 173 Å². The molecule has 0 aliphatic heterocycles. The molecule has 0 unspecified atom stereocenters. The number of aromatic nitrogens is 2. The minimum atomic E-state index is -0.313. The van der Waals surface area contributed by atoms with Crippen molar-refractivity contribution in [2.45, 2.75) is 38.5 Å². The Balaban J connectivity index is 1.19. The zero-order valence-corrected chi connectivity index (χ0v) is 36.4. The van der Waals surface area contributed by atoms with Crippen LogP contribution in [0.3, 0.4) is 0 Å². The van der Waals surface area contributed by atoms with Crippen molar-refractivity contribution in [2.75, 3.05) is 0 Å². The summed E-state index contributed by atoms with van der Waals surface area (Å²) in [6, 6.07) is 73.3. The van der Waals surface area contributed by atoms with Gasteiger partial charge in [0.2, 0.25) is 0 Å². The maximum absolute atomic E-state index is 2.61. The first-order chi connectivity index (χ1) is 31.3. The standard InChI is InChI=1S/C62H44N2/c1-61(2)51-33-47-39-21-7-5-19-37(39)38-20-6-8-22-40(38)48(47)34-52(51)62(3,4)54-36-50-49(35-53(54)61)59(63-55-29-15-11-23-41(55)42-24-12-16-30-56(42)63)45-27-9-10-28-46(45)60(50)64-57-31-17-13-25-43(57)44-26-14-18-32-58(44)64/h5-36H,1-4H3. The van der Waals surface area contributed by atoms with Gasteiger partial charge in [0.15, 0.2) is 0 Å². The molecule has 11 aromatic carbocycles. The number of para-hydroxylation sites is 4. The molecule has 0 fully saturated rings. The summed E-state index contributed by atoms with van der Waals surface area (Å²) in [5, 5.41) is 17.9. The summed E-state index contributed by atoms with van der Waals surface area (Å²) in [4.78, 5) is 0. The van der Waals surface area contributed by atoms with Crippen molar-refractivity contribution in [1.82, 2.24) is 9.13 Å². The highest BCUT2D eigenvalue weighted by molar-refractivity contribution is 6.26. The molecule has 0 spiro atoms. The van der Waals surface area contributed by atoms with Crippen LogP contribution in [0.15, 0.2) is 194 Å². The highest BCUT2D eigenvalue weighted by Gasteiger charge is 2.43. The van der Waals surface area contributed by atoms with Crippen LogP contribution in [0.25, 0.3) is 109 Å². The zero-order chi connectivity index (χ0) is 42.6. The average molecular weight is 817 g/mol. The van der Waals surface area contributed by atoms with Gasteiger partial charge in [0.05, 0.1) is 33.4 Å². The molecule has 0 bridgehead atoms. The van der Waals surface area contributed by atoms with E-state index in [1.807, 2.05) is 0 Å². The molecule has 2 nitrogen and oxygen atoms in total. The topological polar surface area (TPSA) is 9.86 Å². The first kappa shape index (κ1) is 35.9. The quantitative estimate of drug-likeness (QED) is 0.121. The Labute approximate surface area is 371 Å². The van der Waals surface area contributed by atoms with Crippen molar-refractivity contribution in [3.05, 3.63) is 216 Å². The normalized spacial score (nSPS) is 14.5. The summed E-state index contributed by atoms with van der Waals surface area (Å²) >= 11 is 0. The first-order valence-corrected chi connectivity index (χ1v) is 22.7. The molecule has 0 radical (unpaired) electrons. The molecular formula is C62H44N2. The molecule has 13 aromatic rings. The van der Waals surface area contributed by atoms with Crippen LogP contribution in [0.4, 0.5) is 0 Å². The van der Waals surface area contributed by atoms with Crippen LogP contribution in [-0.2, 0) is 10.8 Å². The fourth-order valence-corrected chi connectivity index (χ4v) is 12.3. The minimum Gasteiger partial charge on any atom is -0.308 e. The maximum atomic E-state index is 2.61. The number of benzene rings is 11. The van der Waals surface area contributed by atoms with Gasteiger partial charge in [-0.2, -0.15) is 0 Å². The molecule has 0 saturated heterocycles. The van der Waals surface area contributed by atoms with Crippen molar-refractivity contribution in [1.29, 1.82) is 0 Å². The van der Waals surface area contributed by atoms with E-state index in [-0.39, 0.29) is 10.8 Å². The van der Waals surface area contributed by atoms with Gasteiger partial charge in [-0.3, -0.25) is 0 Å². The molecule has 0 N–H and O–H groups in total. The monoisotopic (exact) mass is 816 g/mol. The summed E-state index contributed by atoms with van der Waals surface area (Å²) in [7, 11) is 0. The summed E-state index contributed by atoms with van der Waals surface area (Å²) in [6.45, 7) is 9.87. The lowest BCUT2D eigenvalue weighted by molar-refractivity contribution is 0.523. The second-order valence-corrected chi connectivity index (χ2v) is 19.2. The Kier molecular flexibility index (Phi) is 7.00. The molecule has 14 rings (SSSR count). The van der Waals surface area contributed by atoms with Crippen molar-refractivity contribution in [3.63, 3.8) is 0 Å². The highest BCUT2D eigenvalue weighted by atomic mass is 15.0. The third-order valence-electron chi connectivity index (χ3n) is 15.3. The molecular weight excluding hydrogens is 773 g/mol. The van der Waals surface area contributed by atoms with Crippen LogP contribution in [0.5, 0.6) is 0 Å². The highest BCUT2D eigenvalue weighted by Crippen LogP contribution is 2.55. The fraction of sp³-hybridized carbons (Fsp3) is 0.0968.